The normalized spacial score (nSPS) is 18.7. The highest BCUT2D eigenvalue weighted by molar-refractivity contribution is 7.92. The van der Waals surface area contributed by atoms with Gasteiger partial charge in [0.2, 0.25) is 0 Å². The number of hydrogen-bond acceptors (Lipinski definition) is 5. The molecule has 8 heteroatoms. The molecule has 1 unspecified atom stereocenters. The standard InChI is InChI=1S/C27H39N3O4S/c1-4-5-6-7-8-9-10-11-24-28-26(33)27(29-24)13-15-30(16-14-27)35(34)17-12-23-20(2)18-22(25(31)32)19-21(23)3/h12,17-19H,4-11,13-16H2,1-3H3,(H,31,32)(H,28,29,33)/b17-12+. The van der Waals surface area contributed by atoms with Gasteiger partial charge >= 0.3 is 5.97 Å². The van der Waals surface area contributed by atoms with Crippen LogP contribution in [0.15, 0.2) is 22.5 Å². The highest BCUT2D eigenvalue weighted by Crippen LogP contribution is 2.32. The quantitative estimate of drug-likeness (QED) is 0.305. The Bertz CT molecular complexity index is 944. The van der Waals surface area contributed by atoms with Crippen molar-refractivity contribution < 1.29 is 19.2 Å². The Hall–Kier alpha value is -2.16. The molecule has 7 nitrogen and oxygen atoms in total. The van der Waals surface area contributed by atoms with Gasteiger partial charge in [0.1, 0.15) is 16.8 Å². The average molecular weight is 502 g/mol. The molecular formula is C27H39N3O4S. The number of carbonyl (C=O) groups excluding carboxylic acids is 1. The first-order valence-electron chi connectivity index (χ1n) is 12.8. The zero-order valence-electron chi connectivity index (χ0n) is 21.3. The number of carbonyl (C=O) groups is 2. The number of amides is 1. The van der Waals surface area contributed by atoms with E-state index >= 15 is 0 Å². The number of rotatable bonds is 12. The largest absolute Gasteiger partial charge is 0.593 e. The minimum absolute atomic E-state index is 0.0128. The van der Waals surface area contributed by atoms with E-state index in [0.29, 0.717) is 25.9 Å². The lowest BCUT2D eigenvalue weighted by Gasteiger charge is -2.34. The highest BCUT2D eigenvalue weighted by atomic mass is 32.2. The Morgan fingerprint density at radius 3 is 2.34 bits per heavy atom. The summed E-state index contributed by atoms with van der Waals surface area (Å²) in [6.07, 6.45) is 12.4. The molecule has 1 spiro atoms. The minimum atomic E-state index is -1.33. The molecule has 35 heavy (non-hydrogen) atoms. The van der Waals surface area contributed by atoms with Crippen molar-refractivity contribution >= 4 is 35.2 Å². The van der Waals surface area contributed by atoms with E-state index in [1.807, 2.05) is 18.2 Å². The molecule has 2 N–H and O–H groups in total. The summed E-state index contributed by atoms with van der Waals surface area (Å²) >= 11 is -1.33. The maximum atomic E-state index is 12.9. The van der Waals surface area contributed by atoms with Crippen LogP contribution in [0, 0.1) is 13.8 Å². The molecule has 1 fully saturated rings. The number of unbranched alkanes of at least 4 members (excludes halogenated alkanes) is 6. The molecule has 2 aliphatic heterocycles. The summed E-state index contributed by atoms with van der Waals surface area (Å²) in [7, 11) is 0. The number of benzene rings is 1. The van der Waals surface area contributed by atoms with Crippen LogP contribution in [-0.4, -0.2) is 50.3 Å². The second kappa shape index (κ2) is 12.7. The van der Waals surface area contributed by atoms with Crippen molar-refractivity contribution in [3.63, 3.8) is 0 Å². The number of nitrogens with one attached hydrogen (secondary N) is 1. The maximum absolute atomic E-state index is 12.9. The Balaban J connectivity index is 1.50. The Labute approximate surface area is 212 Å². The fourth-order valence-electron chi connectivity index (χ4n) is 4.90. The molecule has 0 bridgehead atoms. The van der Waals surface area contributed by atoms with Gasteiger partial charge in [-0.25, -0.2) is 4.79 Å². The molecule has 0 radical (unpaired) electrons. The third-order valence-corrected chi connectivity index (χ3v) is 8.29. The topological polar surface area (TPSA) is 105 Å². The fourth-order valence-corrected chi connectivity index (χ4v) is 5.87. The van der Waals surface area contributed by atoms with Crippen molar-refractivity contribution in [2.24, 2.45) is 4.99 Å². The van der Waals surface area contributed by atoms with E-state index in [4.69, 9.17) is 4.99 Å². The number of hydrogen-bond donors (Lipinski definition) is 2. The van der Waals surface area contributed by atoms with Gasteiger partial charge in [0.25, 0.3) is 5.91 Å². The second-order valence-corrected chi connectivity index (χ2v) is 11.1. The van der Waals surface area contributed by atoms with Gasteiger partial charge in [-0.2, -0.15) is 0 Å². The van der Waals surface area contributed by atoms with Crippen LogP contribution in [0.3, 0.4) is 0 Å². The minimum Gasteiger partial charge on any atom is -0.593 e. The summed E-state index contributed by atoms with van der Waals surface area (Å²) in [5.74, 6) is -0.156. The van der Waals surface area contributed by atoms with Crippen LogP contribution in [-0.2, 0) is 16.2 Å². The lowest BCUT2D eigenvalue weighted by Crippen LogP contribution is -2.50. The van der Waals surface area contributed by atoms with E-state index in [1.54, 1.807) is 23.6 Å². The van der Waals surface area contributed by atoms with Crippen molar-refractivity contribution in [2.75, 3.05) is 13.1 Å². The number of aryl methyl sites for hydroxylation is 2. The fraction of sp³-hybridized carbons (Fsp3) is 0.593. The molecule has 1 aromatic carbocycles. The zero-order chi connectivity index (χ0) is 25.4. The number of carboxylic acid groups (broad SMARTS) is 1. The third kappa shape index (κ3) is 7.18. The first-order valence-corrected chi connectivity index (χ1v) is 14.0. The van der Waals surface area contributed by atoms with Gasteiger partial charge in [0, 0.05) is 19.5 Å². The van der Waals surface area contributed by atoms with E-state index in [1.165, 1.54) is 38.5 Å². The van der Waals surface area contributed by atoms with Gasteiger partial charge in [-0.3, -0.25) is 9.79 Å². The highest BCUT2D eigenvalue weighted by Gasteiger charge is 2.47. The monoisotopic (exact) mass is 501 g/mol. The van der Waals surface area contributed by atoms with Gasteiger partial charge in [-0.05, 0) is 68.0 Å². The van der Waals surface area contributed by atoms with E-state index in [-0.39, 0.29) is 11.5 Å². The van der Waals surface area contributed by atoms with Crippen LogP contribution in [0.1, 0.15) is 98.2 Å². The van der Waals surface area contributed by atoms with Crippen molar-refractivity contribution in [2.45, 2.75) is 90.5 Å². The first-order chi connectivity index (χ1) is 16.8. The lowest BCUT2D eigenvalue weighted by atomic mass is 9.89. The van der Waals surface area contributed by atoms with Crippen LogP contribution in [0.4, 0.5) is 0 Å². The summed E-state index contributed by atoms with van der Waals surface area (Å²) in [4.78, 5) is 28.8. The predicted octanol–water partition coefficient (Wildman–Crippen LogP) is 5.14. The molecular weight excluding hydrogens is 462 g/mol. The van der Waals surface area contributed by atoms with Crippen LogP contribution in [0.5, 0.6) is 0 Å². The summed E-state index contributed by atoms with van der Waals surface area (Å²) in [5.41, 5.74) is 2.09. The van der Waals surface area contributed by atoms with Crippen molar-refractivity contribution in [1.29, 1.82) is 0 Å². The molecule has 1 saturated heterocycles. The summed E-state index contributed by atoms with van der Waals surface area (Å²) < 4.78 is 14.8. The van der Waals surface area contributed by atoms with Crippen LogP contribution < -0.4 is 5.32 Å². The maximum Gasteiger partial charge on any atom is 0.335 e. The molecule has 1 aromatic rings. The molecule has 0 aromatic heterocycles. The Morgan fingerprint density at radius 1 is 1.14 bits per heavy atom. The molecule has 1 atom stereocenters. The van der Waals surface area contributed by atoms with Crippen LogP contribution in [0.25, 0.3) is 6.08 Å². The van der Waals surface area contributed by atoms with Crippen molar-refractivity contribution in [3.8, 4) is 0 Å². The zero-order valence-corrected chi connectivity index (χ0v) is 22.1. The van der Waals surface area contributed by atoms with Gasteiger partial charge in [0.15, 0.2) is 0 Å². The molecule has 2 heterocycles. The molecule has 3 rings (SSSR count). The predicted molar refractivity (Wildman–Crippen MR) is 142 cm³/mol. The van der Waals surface area contributed by atoms with E-state index in [0.717, 1.165) is 35.4 Å². The van der Waals surface area contributed by atoms with E-state index in [9.17, 15) is 19.2 Å². The van der Waals surface area contributed by atoms with Gasteiger partial charge in [-0.1, -0.05) is 45.4 Å². The number of piperidine rings is 1. The second-order valence-electron chi connectivity index (χ2n) is 9.75. The van der Waals surface area contributed by atoms with Crippen molar-refractivity contribution in [1.82, 2.24) is 9.62 Å². The number of carboxylic acids is 1. The lowest BCUT2D eigenvalue weighted by molar-refractivity contribution is -0.124. The molecule has 0 aliphatic carbocycles. The summed E-state index contributed by atoms with van der Waals surface area (Å²) in [6, 6.07) is 3.26. The van der Waals surface area contributed by atoms with E-state index < -0.39 is 22.9 Å². The SMILES string of the molecule is CCCCCCCCCC1=NC2(CCN([S+]([O-])/C=C/c3c(C)cc(C(=O)O)cc3C)CC2)C(=O)N1. The molecule has 2 aliphatic rings. The first kappa shape index (κ1) is 27.4. The third-order valence-electron chi connectivity index (χ3n) is 7.04. The average Bonchev–Trinajstić information content (AvgIpc) is 3.12. The number of nitrogens with zero attached hydrogens (tertiary/aromatic N) is 2. The van der Waals surface area contributed by atoms with Gasteiger partial charge < -0.3 is 15.0 Å². The van der Waals surface area contributed by atoms with Crippen molar-refractivity contribution in [3.05, 3.63) is 39.8 Å². The number of amidine groups is 1. The van der Waals surface area contributed by atoms with Gasteiger partial charge in [0.05, 0.1) is 16.9 Å². The summed E-state index contributed by atoms with van der Waals surface area (Å²) in [6.45, 7) is 7.01. The number of aromatic carboxylic acids is 1. The van der Waals surface area contributed by atoms with E-state index in [2.05, 4.69) is 12.2 Å². The number of aliphatic imine (C=N–C) groups is 1. The smallest absolute Gasteiger partial charge is 0.335 e. The van der Waals surface area contributed by atoms with Crippen LogP contribution >= 0.6 is 0 Å². The Kier molecular flexibility index (Phi) is 9.95. The molecule has 192 valence electrons. The molecule has 1 amide bonds. The van der Waals surface area contributed by atoms with Gasteiger partial charge in [-0.15, -0.1) is 4.31 Å². The summed E-state index contributed by atoms with van der Waals surface area (Å²) in [5, 5.41) is 13.9. The van der Waals surface area contributed by atoms with Crippen LogP contribution in [0.2, 0.25) is 0 Å². The Morgan fingerprint density at radius 2 is 1.74 bits per heavy atom. The molecule has 0 saturated carbocycles.